The summed E-state index contributed by atoms with van der Waals surface area (Å²) in [5.74, 6) is 1.39. The van der Waals surface area contributed by atoms with Crippen LogP contribution in [0.1, 0.15) is 28.8 Å². The number of nitrogens with two attached hydrogens (primary N) is 1. The summed E-state index contributed by atoms with van der Waals surface area (Å²) >= 11 is 0. The molecule has 4 heterocycles. The van der Waals surface area contributed by atoms with Crippen molar-refractivity contribution in [3.05, 3.63) is 54.0 Å². The molecule has 2 saturated heterocycles. The molecule has 0 saturated carbocycles. The number of nitrogens with one attached hydrogen (secondary N) is 1. The number of hydrogen-bond acceptors (Lipinski definition) is 7. The maximum atomic E-state index is 13.4. The van der Waals surface area contributed by atoms with Gasteiger partial charge in [-0.05, 0) is 31.0 Å². The van der Waals surface area contributed by atoms with Crippen molar-refractivity contribution >= 4 is 29.4 Å². The van der Waals surface area contributed by atoms with Crippen LogP contribution in [-0.2, 0) is 0 Å². The number of amides is 1. The van der Waals surface area contributed by atoms with Gasteiger partial charge in [-0.1, -0.05) is 0 Å². The minimum absolute atomic E-state index is 0.0317. The molecule has 0 spiro atoms. The average molecular weight is 432 g/mol. The summed E-state index contributed by atoms with van der Waals surface area (Å²) in [6.45, 7) is 1.21. The molecule has 2 bridgehead atoms. The average Bonchev–Trinajstić information content (AvgIpc) is 3.07. The van der Waals surface area contributed by atoms with E-state index in [2.05, 4.69) is 20.9 Å². The standard InChI is InChI=1S/C23H26N8O/c1-29(2)20-16(13-25)8-12-28-22(20)31-17-6-7-18(31)15-30(14-17)23(32)19-5-3-10-26-21(19)27-11-4-9-24/h3-5,8-12,17-18,24H,6-7,14-15H2,1-2H3,(H,26,27)/p+1. The van der Waals surface area contributed by atoms with Crippen LogP contribution < -0.4 is 15.1 Å². The van der Waals surface area contributed by atoms with Gasteiger partial charge in [-0.15, -0.1) is 0 Å². The molecule has 2 unspecified atom stereocenters. The lowest BCUT2D eigenvalue weighted by molar-refractivity contribution is -0.500. The van der Waals surface area contributed by atoms with E-state index in [9.17, 15) is 10.1 Å². The van der Waals surface area contributed by atoms with E-state index in [1.165, 1.54) is 6.21 Å². The van der Waals surface area contributed by atoms with Crippen molar-refractivity contribution < 1.29 is 10.1 Å². The van der Waals surface area contributed by atoms with Crippen LogP contribution >= 0.6 is 0 Å². The number of piperazine rings is 1. The number of nitrogens with zero attached hydrogens (tertiary/aromatic N) is 6. The number of aromatic nitrogens is 2. The van der Waals surface area contributed by atoms with Crippen molar-refractivity contribution in [3.63, 3.8) is 0 Å². The van der Waals surface area contributed by atoms with Crippen LogP contribution in [0.15, 0.2) is 42.9 Å². The second-order valence-corrected chi connectivity index (χ2v) is 8.19. The number of quaternary nitrogens is 1. The first-order valence-electron chi connectivity index (χ1n) is 10.6. The number of hydrogen-bond donors (Lipinski definition) is 2. The molecule has 164 valence electrons. The predicted molar refractivity (Wildman–Crippen MR) is 122 cm³/mol. The maximum Gasteiger partial charge on any atom is 0.261 e. The fourth-order valence-electron chi connectivity index (χ4n) is 4.68. The Bertz CT molecular complexity index is 1080. The van der Waals surface area contributed by atoms with Crippen molar-refractivity contribution in [1.29, 1.82) is 10.7 Å². The molecular weight excluding hydrogens is 404 g/mol. The lowest BCUT2D eigenvalue weighted by atomic mass is 10.1. The minimum Gasteiger partial charge on any atom is -0.374 e. The second-order valence-electron chi connectivity index (χ2n) is 8.19. The summed E-state index contributed by atoms with van der Waals surface area (Å²) in [5.41, 5.74) is 1.99. The SMILES string of the molecule is CN(C)c1c(C#N)ccnc1N1C2CCC1CN(C(=O)c1cccnc1[NH2+]C=CC=N)C2. The Morgan fingerprint density at radius 2 is 2.00 bits per heavy atom. The summed E-state index contributed by atoms with van der Waals surface area (Å²) in [4.78, 5) is 28.6. The Morgan fingerprint density at radius 1 is 1.25 bits per heavy atom. The highest BCUT2D eigenvalue weighted by atomic mass is 16.2. The topological polar surface area (TPSA) is 117 Å². The summed E-state index contributed by atoms with van der Waals surface area (Å²) in [7, 11) is 3.85. The van der Waals surface area contributed by atoms with E-state index in [1.54, 1.807) is 48.2 Å². The predicted octanol–water partition coefficient (Wildman–Crippen LogP) is 1.27. The third kappa shape index (κ3) is 3.92. The second kappa shape index (κ2) is 9.16. The van der Waals surface area contributed by atoms with Gasteiger partial charge in [0.15, 0.2) is 5.82 Å². The Morgan fingerprint density at radius 3 is 2.66 bits per heavy atom. The largest absolute Gasteiger partial charge is 0.374 e. The van der Waals surface area contributed by atoms with Gasteiger partial charge >= 0.3 is 0 Å². The number of pyridine rings is 2. The number of carbonyl (C=O) groups excluding carboxylic acids is 1. The van der Waals surface area contributed by atoms with Crippen molar-refractivity contribution in [1.82, 2.24) is 14.9 Å². The number of allylic oxidation sites excluding steroid dienone is 1. The molecule has 9 nitrogen and oxygen atoms in total. The monoisotopic (exact) mass is 431 g/mol. The van der Waals surface area contributed by atoms with Crippen molar-refractivity contribution in [2.24, 2.45) is 0 Å². The van der Waals surface area contributed by atoms with Crippen LogP contribution in [-0.4, -0.2) is 66.3 Å². The lowest BCUT2D eigenvalue weighted by Gasteiger charge is -2.42. The van der Waals surface area contributed by atoms with Crippen LogP contribution in [0.2, 0.25) is 0 Å². The van der Waals surface area contributed by atoms with E-state index in [1.807, 2.05) is 23.9 Å². The third-order valence-electron chi connectivity index (χ3n) is 6.02. The first kappa shape index (κ1) is 21.5. The van der Waals surface area contributed by atoms with Crippen molar-refractivity contribution in [2.45, 2.75) is 24.9 Å². The van der Waals surface area contributed by atoms with Crippen molar-refractivity contribution in [2.75, 3.05) is 37.0 Å². The third-order valence-corrected chi connectivity index (χ3v) is 6.02. The van der Waals surface area contributed by atoms with Crippen LogP contribution in [0.25, 0.3) is 0 Å². The zero-order valence-corrected chi connectivity index (χ0v) is 18.3. The normalized spacial score (nSPS) is 19.8. The first-order chi connectivity index (χ1) is 15.5. The van der Waals surface area contributed by atoms with Gasteiger partial charge in [0.1, 0.15) is 17.8 Å². The van der Waals surface area contributed by atoms with Gasteiger partial charge in [0.05, 0.1) is 11.3 Å². The Labute approximate surface area is 187 Å². The van der Waals surface area contributed by atoms with Gasteiger partial charge in [-0.25, -0.2) is 9.97 Å². The van der Waals surface area contributed by atoms with Crippen LogP contribution in [0.3, 0.4) is 0 Å². The van der Waals surface area contributed by atoms with Gasteiger partial charge in [-0.2, -0.15) is 5.26 Å². The lowest BCUT2D eigenvalue weighted by Crippen LogP contribution is -2.72. The number of rotatable bonds is 6. The first-order valence-corrected chi connectivity index (χ1v) is 10.6. The molecule has 2 aliphatic rings. The highest BCUT2D eigenvalue weighted by Gasteiger charge is 2.43. The van der Waals surface area contributed by atoms with Gasteiger partial charge in [-0.3, -0.25) is 10.1 Å². The molecule has 9 heteroatoms. The maximum absolute atomic E-state index is 13.4. The number of nitriles is 1. The van der Waals surface area contributed by atoms with Gasteiger partial charge in [0.2, 0.25) is 5.82 Å². The van der Waals surface area contributed by atoms with Crippen molar-refractivity contribution in [3.8, 4) is 6.07 Å². The van der Waals surface area contributed by atoms with E-state index >= 15 is 0 Å². The number of likely N-dealkylation sites (tertiary alicyclic amines) is 1. The quantitative estimate of drug-likeness (QED) is 0.665. The molecule has 3 N–H and O–H groups in total. The zero-order valence-electron chi connectivity index (χ0n) is 18.3. The molecule has 2 fully saturated rings. The number of carbonyl (C=O) groups is 1. The van der Waals surface area contributed by atoms with E-state index in [0.717, 1.165) is 24.3 Å². The molecule has 4 rings (SSSR count). The van der Waals surface area contributed by atoms with Crippen LogP contribution in [0, 0.1) is 16.7 Å². The Balaban J connectivity index is 1.59. The number of fused-ring (bicyclic) bond motifs is 2. The van der Waals surface area contributed by atoms with Gasteiger partial charge in [0, 0.05) is 64.0 Å². The molecular formula is C23H27N8O+. The zero-order chi connectivity index (χ0) is 22.7. The van der Waals surface area contributed by atoms with Crippen LogP contribution in [0.4, 0.5) is 17.3 Å². The fourth-order valence-corrected chi connectivity index (χ4v) is 4.68. The highest BCUT2D eigenvalue weighted by molar-refractivity contribution is 5.97. The minimum atomic E-state index is -0.0317. The van der Waals surface area contributed by atoms with Gasteiger partial charge in [0.25, 0.3) is 5.91 Å². The molecule has 32 heavy (non-hydrogen) atoms. The molecule has 1 amide bonds. The van der Waals surface area contributed by atoms with E-state index in [0.29, 0.717) is 30.0 Å². The molecule has 2 aliphatic heterocycles. The summed E-state index contributed by atoms with van der Waals surface area (Å²) in [6, 6.07) is 7.90. The smallest absolute Gasteiger partial charge is 0.261 e. The molecule has 0 aromatic carbocycles. The summed E-state index contributed by atoms with van der Waals surface area (Å²) < 4.78 is 0. The fraction of sp³-hybridized carbons (Fsp3) is 0.348. The molecule has 2 atom stereocenters. The van der Waals surface area contributed by atoms with Gasteiger partial charge < -0.3 is 20.1 Å². The number of anilines is 2. The van der Waals surface area contributed by atoms with Crippen LogP contribution in [0.5, 0.6) is 0 Å². The Hall–Kier alpha value is -3.77. The summed E-state index contributed by atoms with van der Waals surface area (Å²) in [6.07, 6.45) is 9.81. The molecule has 0 radical (unpaired) electrons. The Kier molecular flexibility index (Phi) is 6.14. The molecule has 2 aromatic rings. The summed E-state index contributed by atoms with van der Waals surface area (Å²) in [5, 5.41) is 18.5. The highest BCUT2D eigenvalue weighted by Crippen LogP contribution is 2.39. The molecule has 0 aliphatic carbocycles. The van der Waals surface area contributed by atoms with E-state index in [4.69, 9.17) is 5.41 Å². The van der Waals surface area contributed by atoms with E-state index in [-0.39, 0.29) is 18.0 Å². The molecule has 2 aromatic heterocycles. The van der Waals surface area contributed by atoms with E-state index < -0.39 is 0 Å².